The maximum absolute atomic E-state index is 13.2. The molecule has 0 unspecified atom stereocenters. The van der Waals surface area contributed by atoms with Gasteiger partial charge in [-0.25, -0.2) is 9.67 Å². The van der Waals surface area contributed by atoms with Gasteiger partial charge in [0, 0.05) is 17.3 Å². The second-order valence-electron chi connectivity index (χ2n) is 7.82. The number of carbonyl (C=O) groups is 1. The van der Waals surface area contributed by atoms with Crippen LogP contribution in [0, 0.1) is 13.8 Å². The smallest absolute Gasteiger partial charge is 0.258 e. The lowest BCUT2D eigenvalue weighted by molar-refractivity contribution is -0.122. The second-order valence-corrected chi connectivity index (χ2v) is 7.82. The van der Waals surface area contributed by atoms with Crippen molar-refractivity contribution < 1.29 is 4.79 Å². The molecule has 2 aromatic heterocycles. The van der Waals surface area contributed by atoms with Gasteiger partial charge in [0.2, 0.25) is 11.9 Å². The van der Waals surface area contributed by atoms with Gasteiger partial charge in [-0.15, -0.1) is 0 Å². The molecule has 1 amide bonds. The van der Waals surface area contributed by atoms with Crippen molar-refractivity contribution in [1.82, 2.24) is 24.6 Å². The van der Waals surface area contributed by atoms with Gasteiger partial charge in [0.15, 0.2) is 0 Å². The van der Waals surface area contributed by atoms with Crippen LogP contribution in [0.4, 0.5) is 0 Å². The first-order valence-corrected chi connectivity index (χ1v) is 9.98. The third-order valence-corrected chi connectivity index (χ3v) is 5.64. The molecule has 1 N–H and O–H groups in total. The molecule has 0 spiro atoms. The number of rotatable bonds is 4. The molecule has 2 aliphatic carbocycles. The molecule has 0 aliphatic heterocycles. The fourth-order valence-electron chi connectivity index (χ4n) is 4.30. The van der Waals surface area contributed by atoms with Crippen LogP contribution in [-0.2, 0) is 24.2 Å². The number of hydrogen-bond acceptors (Lipinski definition) is 4. The summed E-state index contributed by atoms with van der Waals surface area (Å²) in [5, 5.41) is 7.58. The van der Waals surface area contributed by atoms with Crippen LogP contribution in [0.25, 0.3) is 5.95 Å². The molecule has 7 heteroatoms. The molecule has 1 saturated carbocycles. The lowest BCUT2D eigenvalue weighted by Gasteiger charge is -2.20. The highest BCUT2D eigenvalue weighted by atomic mass is 16.2. The molecule has 2 aliphatic rings. The molecule has 2 aromatic rings. The van der Waals surface area contributed by atoms with Crippen molar-refractivity contribution >= 4 is 5.91 Å². The number of amides is 1. The van der Waals surface area contributed by atoms with E-state index in [1.807, 2.05) is 19.9 Å². The molecule has 0 aromatic carbocycles. The summed E-state index contributed by atoms with van der Waals surface area (Å²) in [6, 6.07) is 2.19. The van der Waals surface area contributed by atoms with Crippen LogP contribution < -0.4 is 10.9 Å². The van der Waals surface area contributed by atoms with Crippen molar-refractivity contribution in [3.8, 4) is 5.95 Å². The highest BCUT2D eigenvalue weighted by molar-refractivity contribution is 5.76. The third-order valence-electron chi connectivity index (χ3n) is 5.64. The zero-order valence-corrected chi connectivity index (χ0v) is 16.1. The molecule has 0 saturated heterocycles. The third kappa shape index (κ3) is 3.55. The minimum absolute atomic E-state index is 0.0106. The minimum Gasteiger partial charge on any atom is -0.352 e. The van der Waals surface area contributed by atoms with Gasteiger partial charge in [-0.1, -0.05) is 12.8 Å². The summed E-state index contributed by atoms with van der Waals surface area (Å²) < 4.78 is 3.20. The van der Waals surface area contributed by atoms with E-state index in [2.05, 4.69) is 10.4 Å². The van der Waals surface area contributed by atoms with E-state index < -0.39 is 0 Å². The number of fused-ring (bicyclic) bond motifs is 1. The predicted octanol–water partition coefficient (Wildman–Crippen LogP) is 1.98. The second kappa shape index (κ2) is 7.29. The van der Waals surface area contributed by atoms with E-state index in [1.165, 1.54) is 4.57 Å². The van der Waals surface area contributed by atoms with Gasteiger partial charge < -0.3 is 5.32 Å². The number of nitrogens with one attached hydrogen (secondary N) is 1. The zero-order valence-electron chi connectivity index (χ0n) is 16.1. The van der Waals surface area contributed by atoms with Crippen molar-refractivity contribution in [1.29, 1.82) is 0 Å². The molecular formula is C20H27N5O2. The first kappa shape index (κ1) is 17.9. The largest absolute Gasteiger partial charge is 0.352 e. The summed E-state index contributed by atoms with van der Waals surface area (Å²) in [5.74, 6) is 0.331. The molecule has 144 valence electrons. The lowest BCUT2D eigenvalue weighted by Crippen LogP contribution is -2.40. The van der Waals surface area contributed by atoms with E-state index in [-0.39, 0.29) is 24.1 Å². The number of carbonyl (C=O) groups excluding carboxylic acids is 1. The highest BCUT2D eigenvalue weighted by Gasteiger charge is 2.24. The Kier molecular flexibility index (Phi) is 4.85. The van der Waals surface area contributed by atoms with Gasteiger partial charge in [-0.2, -0.15) is 5.10 Å². The van der Waals surface area contributed by atoms with E-state index in [0.717, 1.165) is 74.0 Å². The Labute approximate surface area is 158 Å². The topological polar surface area (TPSA) is 81.8 Å². The van der Waals surface area contributed by atoms with Gasteiger partial charge in [0.1, 0.15) is 6.54 Å². The van der Waals surface area contributed by atoms with Gasteiger partial charge in [-0.3, -0.25) is 14.2 Å². The first-order valence-electron chi connectivity index (χ1n) is 9.98. The van der Waals surface area contributed by atoms with Gasteiger partial charge in [0.25, 0.3) is 5.56 Å². The number of aryl methyl sites for hydroxylation is 3. The average Bonchev–Trinajstić information content (AvgIpc) is 3.26. The quantitative estimate of drug-likeness (QED) is 0.893. The van der Waals surface area contributed by atoms with Crippen LogP contribution in [-0.4, -0.2) is 31.3 Å². The number of nitrogens with zero attached hydrogens (tertiary/aromatic N) is 4. The molecule has 7 nitrogen and oxygen atoms in total. The summed E-state index contributed by atoms with van der Waals surface area (Å²) in [7, 11) is 0. The molecule has 2 heterocycles. The fourth-order valence-corrected chi connectivity index (χ4v) is 4.30. The zero-order chi connectivity index (χ0) is 19.0. The van der Waals surface area contributed by atoms with Gasteiger partial charge in [-0.05, 0) is 58.4 Å². The molecule has 0 radical (unpaired) electrons. The molecule has 0 bridgehead atoms. The SMILES string of the molecule is Cc1cc(C)n(-c2nc3c(c(=O)n2CC(=O)NC2CCCC2)CCCC3)n1. The van der Waals surface area contributed by atoms with Crippen LogP contribution in [0.2, 0.25) is 0 Å². The van der Waals surface area contributed by atoms with Gasteiger partial charge >= 0.3 is 0 Å². The van der Waals surface area contributed by atoms with E-state index in [9.17, 15) is 9.59 Å². The maximum Gasteiger partial charge on any atom is 0.258 e. The van der Waals surface area contributed by atoms with Crippen LogP contribution in [0.15, 0.2) is 10.9 Å². The van der Waals surface area contributed by atoms with Crippen LogP contribution in [0.1, 0.15) is 61.2 Å². The maximum atomic E-state index is 13.2. The van der Waals surface area contributed by atoms with Crippen molar-refractivity contribution in [3.63, 3.8) is 0 Å². The van der Waals surface area contributed by atoms with E-state index in [1.54, 1.807) is 4.68 Å². The highest BCUT2D eigenvalue weighted by Crippen LogP contribution is 2.20. The van der Waals surface area contributed by atoms with Crippen molar-refractivity contribution in [3.05, 3.63) is 39.1 Å². The normalized spacial score (nSPS) is 17.1. The summed E-state index contributed by atoms with van der Waals surface area (Å²) in [6.07, 6.45) is 7.94. The van der Waals surface area contributed by atoms with Crippen LogP contribution in [0.5, 0.6) is 0 Å². The monoisotopic (exact) mass is 369 g/mol. The molecule has 4 rings (SSSR count). The lowest BCUT2D eigenvalue weighted by atomic mass is 9.97. The van der Waals surface area contributed by atoms with E-state index >= 15 is 0 Å². The van der Waals surface area contributed by atoms with Crippen molar-refractivity contribution in [2.45, 2.75) is 77.8 Å². The number of aromatic nitrogens is 4. The molecule has 1 fully saturated rings. The standard InChI is InChI=1S/C20H27N5O2/c1-13-11-14(2)25(23-13)20-22-17-10-6-5-9-16(17)19(27)24(20)12-18(26)21-15-7-3-4-8-15/h11,15H,3-10,12H2,1-2H3,(H,21,26). The first-order chi connectivity index (χ1) is 13.0. The molecule has 0 atom stereocenters. The minimum atomic E-state index is -0.121. The fraction of sp³-hybridized carbons (Fsp3) is 0.600. The Morgan fingerprint density at radius 3 is 2.63 bits per heavy atom. The number of hydrogen-bond donors (Lipinski definition) is 1. The van der Waals surface area contributed by atoms with Crippen LogP contribution in [0.3, 0.4) is 0 Å². The summed E-state index contributed by atoms with van der Waals surface area (Å²) >= 11 is 0. The van der Waals surface area contributed by atoms with Crippen molar-refractivity contribution in [2.75, 3.05) is 0 Å². The molecule has 27 heavy (non-hydrogen) atoms. The predicted molar refractivity (Wildman–Crippen MR) is 102 cm³/mol. The average molecular weight is 369 g/mol. The Hall–Kier alpha value is -2.44. The Morgan fingerprint density at radius 1 is 1.19 bits per heavy atom. The van der Waals surface area contributed by atoms with Crippen LogP contribution >= 0.6 is 0 Å². The summed E-state index contributed by atoms with van der Waals surface area (Å²) in [4.78, 5) is 30.6. The molecular weight excluding hydrogens is 342 g/mol. The Morgan fingerprint density at radius 2 is 1.93 bits per heavy atom. The Bertz CT molecular complexity index is 921. The summed E-state index contributed by atoms with van der Waals surface area (Å²) in [6.45, 7) is 3.84. The van der Waals surface area contributed by atoms with Gasteiger partial charge in [0.05, 0.1) is 11.4 Å². The summed E-state index contributed by atoms with van der Waals surface area (Å²) in [5.41, 5.74) is 3.30. The van der Waals surface area contributed by atoms with E-state index in [0.29, 0.717) is 5.95 Å². The van der Waals surface area contributed by atoms with Crippen molar-refractivity contribution in [2.24, 2.45) is 0 Å². The Balaban J connectivity index is 1.74. The van der Waals surface area contributed by atoms with E-state index in [4.69, 9.17) is 4.98 Å².